The van der Waals surface area contributed by atoms with Crippen molar-refractivity contribution >= 4 is 23.4 Å². The Balaban J connectivity index is 1.40. The molecule has 0 aromatic carbocycles. The standard InChI is InChI=1S/C20H30N8O/c1-3-25(4-2)20-21-6-5-17(24-20)26-7-9-27(10-8-26)18-15-19(23-16-22-18)28-11-13-29-14-12-28/h5-6,15-16H,3-4,7-14H2,1-2H3. The minimum Gasteiger partial charge on any atom is -0.378 e. The second-order valence-electron chi connectivity index (χ2n) is 7.20. The van der Waals surface area contributed by atoms with E-state index in [0.717, 1.165) is 89.0 Å². The van der Waals surface area contributed by atoms with Crippen LogP contribution in [0.2, 0.25) is 0 Å². The molecular weight excluding hydrogens is 368 g/mol. The lowest BCUT2D eigenvalue weighted by Crippen LogP contribution is -2.47. The molecular formula is C20H30N8O. The Morgan fingerprint density at radius 1 is 0.828 bits per heavy atom. The van der Waals surface area contributed by atoms with Crippen LogP contribution in [0.3, 0.4) is 0 Å². The molecule has 4 rings (SSSR count). The van der Waals surface area contributed by atoms with Gasteiger partial charge in [-0.25, -0.2) is 15.0 Å². The molecule has 2 saturated heterocycles. The minimum atomic E-state index is 0.756. The van der Waals surface area contributed by atoms with Crippen LogP contribution in [0.25, 0.3) is 0 Å². The quantitative estimate of drug-likeness (QED) is 0.715. The first kappa shape index (κ1) is 19.6. The van der Waals surface area contributed by atoms with Crippen molar-refractivity contribution in [1.82, 2.24) is 19.9 Å². The minimum absolute atomic E-state index is 0.756. The van der Waals surface area contributed by atoms with Gasteiger partial charge < -0.3 is 24.3 Å². The van der Waals surface area contributed by atoms with Crippen molar-refractivity contribution in [3.05, 3.63) is 24.7 Å². The van der Waals surface area contributed by atoms with Gasteiger partial charge in [0.15, 0.2) is 0 Å². The van der Waals surface area contributed by atoms with Crippen LogP contribution < -0.4 is 19.6 Å². The highest BCUT2D eigenvalue weighted by Crippen LogP contribution is 2.22. The number of hydrogen-bond acceptors (Lipinski definition) is 9. The zero-order valence-electron chi connectivity index (χ0n) is 17.4. The summed E-state index contributed by atoms with van der Waals surface area (Å²) in [4.78, 5) is 27.3. The van der Waals surface area contributed by atoms with E-state index in [1.807, 2.05) is 12.3 Å². The molecule has 0 saturated carbocycles. The summed E-state index contributed by atoms with van der Waals surface area (Å²) in [5.41, 5.74) is 0. The summed E-state index contributed by atoms with van der Waals surface area (Å²) in [5.74, 6) is 3.78. The summed E-state index contributed by atoms with van der Waals surface area (Å²) >= 11 is 0. The van der Waals surface area contributed by atoms with Crippen LogP contribution in [0.1, 0.15) is 13.8 Å². The van der Waals surface area contributed by atoms with Gasteiger partial charge in [-0.1, -0.05) is 0 Å². The van der Waals surface area contributed by atoms with Gasteiger partial charge in [-0.15, -0.1) is 0 Å². The Morgan fingerprint density at radius 2 is 1.41 bits per heavy atom. The fourth-order valence-electron chi connectivity index (χ4n) is 3.81. The topological polar surface area (TPSA) is 73.8 Å². The van der Waals surface area contributed by atoms with Crippen molar-refractivity contribution < 1.29 is 4.74 Å². The van der Waals surface area contributed by atoms with E-state index in [1.54, 1.807) is 6.33 Å². The summed E-state index contributed by atoms with van der Waals surface area (Å²) in [6.45, 7) is 13.0. The smallest absolute Gasteiger partial charge is 0.227 e. The molecule has 0 unspecified atom stereocenters. The zero-order chi connectivity index (χ0) is 20.1. The van der Waals surface area contributed by atoms with Gasteiger partial charge in [0, 0.05) is 64.6 Å². The molecule has 0 aliphatic carbocycles. The van der Waals surface area contributed by atoms with Gasteiger partial charge >= 0.3 is 0 Å². The molecule has 0 amide bonds. The van der Waals surface area contributed by atoms with Crippen LogP contribution in [-0.2, 0) is 4.74 Å². The lowest BCUT2D eigenvalue weighted by molar-refractivity contribution is 0.122. The Hall–Kier alpha value is -2.68. The number of hydrogen-bond donors (Lipinski definition) is 0. The van der Waals surface area contributed by atoms with Crippen molar-refractivity contribution in [3.8, 4) is 0 Å². The van der Waals surface area contributed by atoms with Crippen molar-refractivity contribution in [2.24, 2.45) is 0 Å². The fourth-order valence-corrected chi connectivity index (χ4v) is 3.81. The number of piperazine rings is 1. The average molecular weight is 399 g/mol. The van der Waals surface area contributed by atoms with Gasteiger partial charge in [-0.3, -0.25) is 0 Å². The number of ether oxygens (including phenoxy) is 1. The third kappa shape index (κ3) is 4.50. The monoisotopic (exact) mass is 398 g/mol. The van der Waals surface area contributed by atoms with E-state index in [2.05, 4.69) is 54.5 Å². The highest BCUT2D eigenvalue weighted by atomic mass is 16.5. The van der Waals surface area contributed by atoms with E-state index in [-0.39, 0.29) is 0 Å². The Bertz CT molecular complexity index is 786. The zero-order valence-corrected chi connectivity index (χ0v) is 17.4. The maximum absolute atomic E-state index is 5.44. The van der Waals surface area contributed by atoms with Crippen LogP contribution in [0.15, 0.2) is 24.7 Å². The first-order valence-electron chi connectivity index (χ1n) is 10.5. The maximum Gasteiger partial charge on any atom is 0.227 e. The molecule has 9 nitrogen and oxygen atoms in total. The van der Waals surface area contributed by atoms with Crippen LogP contribution in [0.4, 0.5) is 23.4 Å². The molecule has 2 aliphatic heterocycles. The van der Waals surface area contributed by atoms with Gasteiger partial charge in [0.25, 0.3) is 0 Å². The normalized spacial score (nSPS) is 17.5. The van der Waals surface area contributed by atoms with E-state index >= 15 is 0 Å². The average Bonchev–Trinajstić information content (AvgIpc) is 2.81. The first-order valence-corrected chi connectivity index (χ1v) is 10.5. The van der Waals surface area contributed by atoms with E-state index in [1.165, 1.54) is 0 Å². The van der Waals surface area contributed by atoms with Crippen molar-refractivity contribution in [2.45, 2.75) is 13.8 Å². The summed E-state index contributed by atoms with van der Waals surface area (Å²) < 4.78 is 5.44. The molecule has 0 atom stereocenters. The Morgan fingerprint density at radius 3 is 2.03 bits per heavy atom. The Kier molecular flexibility index (Phi) is 6.24. The number of nitrogens with zero attached hydrogens (tertiary/aromatic N) is 8. The number of anilines is 4. The molecule has 29 heavy (non-hydrogen) atoms. The predicted molar refractivity (Wildman–Crippen MR) is 115 cm³/mol. The molecule has 4 heterocycles. The third-order valence-corrected chi connectivity index (χ3v) is 5.58. The van der Waals surface area contributed by atoms with E-state index < -0.39 is 0 Å². The lowest BCUT2D eigenvalue weighted by atomic mass is 10.3. The second-order valence-corrected chi connectivity index (χ2v) is 7.20. The van der Waals surface area contributed by atoms with Crippen molar-refractivity contribution in [1.29, 1.82) is 0 Å². The second kappa shape index (κ2) is 9.21. The summed E-state index contributed by atoms with van der Waals surface area (Å²) in [6.07, 6.45) is 3.54. The molecule has 2 fully saturated rings. The van der Waals surface area contributed by atoms with Gasteiger partial charge in [-0.2, -0.15) is 4.98 Å². The van der Waals surface area contributed by atoms with E-state index in [0.29, 0.717) is 0 Å². The Labute approximate surface area is 172 Å². The number of rotatable bonds is 6. The van der Waals surface area contributed by atoms with Gasteiger partial charge in [0.1, 0.15) is 23.8 Å². The number of aromatic nitrogens is 4. The predicted octanol–water partition coefficient (Wildman–Crippen LogP) is 1.28. The summed E-state index contributed by atoms with van der Waals surface area (Å²) in [7, 11) is 0. The van der Waals surface area contributed by atoms with Crippen LogP contribution in [0.5, 0.6) is 0 Å². The highest BCUT2D eigenvalue weighted by Gasteiger charge is 2.21. The molecule has 2 aliphatic rings. The van der Waals surface area contributed by atoms with Crippen molar-refractivity contribution in [2.75, 3.05) is 85.2 Å². The van der Waals surface area contributed by atoms with Crippen LogP contribution in [0, 0.1) is 0 Å². The summed E-state index contributed by atoms with van der Waals surface area (Å²) in [5, 5.41) is 0. The SMILES string of the molecule is CCN(CC)c1nccc(N2CCN(c3cc(N4CCOCC4)ncn3)CC2)n1. The van der Waals surface area contributed by atoms with Crippen LogP contribution in [-0.4, -0.2) is 85.5 Å². The fraction of sp³-hybridized carbons (Fsp3) is 0.600. The molecule has 0 N–H and O–H groups in total. The number of morpholine rings is 1. The molecule has 2 aromatic heterocycles. The van der Waals surface area contributed by atoms with E-state index in [4.69, 9.17) is 9.72 Å². The molecule has 156 valence electrons. The van der Waals surface area contributed by atoms with Gasteiger partial charge in [0.05, 0.1) is 13.2 Å². The lowest BCUT2D eigenvalue weighted by Gasteiger charge is -2.36. The summed E-state index contributed by atoms with van der Waals surface area (Å²) in [6, 6.07) is 4.11. The van der Waals surface area contributed by atoms with Gasteiger partial charge in [-0.05, 0) is 19.9 Å². The molecule has 0 spiro atoms. The maximum atomic E-state index is 5.44. The molecule has 0 bridgehead atoms. The largest absolute Gasteiger partial charge is 0.378 e. The third-order valence-electron chi connectivity index (χ3n) is 5.58. The molecule has 9 heteroatoms. The van der Waals surface area contributed by atoms with Crippen molar-refractivity contribution in [3.63, 3.8) is 0 Å². The highest BCUT2D eigenvalue weighted by molar-refractivity contribution is 5.52. The molecule has 2 aromatic rings. The molecule has 0 radical (unpaired) electrons. The first-order chi connectivity index (χ1) is 14.3. The van der Waals surface area contributed by atoms with Gasteiger partial charge in [0.2, 0.25) is 5.95 Å². The van der Waals surface area contributed by atoms with Crippen LogP contribution >= 0.6 is 0 Å². The van der Waals surface area contributed by atoms with E-state index in [9.17, 15) is 0 Å².